The molecule has 1 aromatic heterocycles. The van der Waals surface area contributed by atoms with E-state index in [-0.39, 0.29) is 12.1 Å². The van der Waals surface area contributed by atoms with Crippen molar-refractivity contribution in [2.45, 2.75) is 67.9 Å². The van der Waals surface area contributed by atoms with Crippen LogP contribution in [0.15, 0.2) is 39.9 Å². The second-order valence-electron chi connectivity index (χ2n) is 11.4. The van der Waals surface area contributed by atoms with E-state index < -0.39 is 52.8 Å². The first kappa shape index (κ1) is 35.6. The molecule has 46 heavy (non-hydrogen) atoms. The fourth-order valence-corrected chi connectivity index (χ4v) is 8.42. The number of benzene rings is 1. The topological polar surface area (TPSA) is 180 Å². The molecule has 13 nitrogen and oxygen atoms in total. The predicted octanol–water partition coefficient (Wildman–Crippen LogP) is 3.50. The second kappa shape index (κ2) is 15.5. The maximum absolute atomic E-state index is 13.2. The summed E-state index contributed by atoms with van der Waals surface area (Å²) in [6.45, 7) is 7.03. The molecule has 0 spiro atoms. The van der Waals surface area contributed by atoms with Crippen molar-refractivity contribution in [1.82, 2.24) is 25.7 Å². The fourth-order valence-electron chi connectivity index (χ4n) is 4.65. The predicted molar refractivity (Wildman–Crippen MR) is 180 cm³/mol. The number of carboxylic acids is 1. The molecule has 2 aliphatic rings. The Labute approximate surface area is 283 Å². The minimum atomic E-state index is -1.20. The van der Waals surface area contributed by atoms with Crippen molar-refractivity contribution in [2.75, 3.05) is 28.8 Å². The quantitative estimate of drug-likeness (QED) is 0.176. The summed E-state index contributed by atoms with van der Waals surface area (Å²) >= 11 is 5.71. The number of carbonyl (C=O) groups is 5. The average Bonchev–Trinajstić information content (AvgIpc) is 3.41. The number of hydrogen-bond donors (Lipinski definition) is 4. The number of rotatable bonds is 13. The Morgan fingerprint density at radius 2 is 1.93 bits per heavy atom. The van der Waals surface area contributed by atoms with Gasteiger partial charge in [-0.2, -0.15) is 11.8 Å². The number of nitrogens with zero attached hydrogens (tertiary/aromatic N) is 3. The highest BCUT2D eigenvalue weighted by Gasteiger charge is 2.54. The molecule has 17 heteroatoms. The largest absolute Gasteiger partial charge is 0.477 e. The summed E-state index contributed by atoms with van der Waals surface area (Å²) in [6, 6.07) is 5.02. The number of thioether (sulfide) groups is 3. The van der Waals surface area contributed by atoms with Crippen LogP contribution < -0.4 is 16.0 Å². The van der Waals surface area contributed by atoms with Crippen LogP contribution in [0, 0.1) is 6.92 Å². The number of fused-ring (bicyclic) bond motifs is 1. The molecule has 0 bridgehead atoms. The van der Waals surface area contributed by atoms with Gasteiger partial charge in [0.2, 0.25) is 11.8 Å². The van der Waals surface area contributed by atoms with Gasteiger partial charge < -0.3 is 25.8 Å². The highest BCUT2D eigenvalue weighted by Crippen LogP contribution is 2.41. The summed E-state index contributed by atoms with van der Waals surface area (Å²) in [6.07, 6.45) is 1.41. The van der Waals surface area contributed by atoms with Crippen LogP contribution in [-0.2, 0) is 30.3 Å². The number of hydrogen-bond acceptors (Lipinski definition) is 12. The first-order valence-corrected chi connectivity index (χ1v) is 18.5. The molecule has 4 amide bonds. The zero-order valence-corrected chi connectivity index (χ0v) is 29.2. The first-order valence-electron chi connectivity index (χ1n) is 14.3. The van der Waals surface area contributed by atoms with Gasteiger partial charge in [0.05, 0.1) is 6.42 Å². The molecule has 4 N–H and O–H groups in total. The van der Waals surface area contributed by atoms with Gasteiger partial charge >= 0.3 is 12.1 Å². The second-order valence-corrected chi connectivity index (χ2v) is 15.9. The van der Waals surface area contributed by atoms with Gasteiger partial charge in [-0.15, -0.1) is 22.0 Å². The van der Waals surface area contributed by atoms with Crippen molar-refractivity contribution in [1.29, 1.82) is 0 Å². The van der Waals surface area contributed by atoms with E-state index >= 15 is 0 Å². The zero-order valence-electron chi connectivity index (χ0n) is 25.9. The van der Waals surface area contributed by atoms with Crippen LogP contribution in [0.3, 0.4) is 0 Å². The molecule has 0 saturated carbocycles. The van der Waals surface area contributed by atoms with Gasteiger partial charge in [0.1, 0.15) is 33.8 Å². The summed E-state index contributed by atoms with van der Waals surface area (Å²) in [5, 5.41) is 26.4. The molecule has 248 valence electrons. The van der Waals surface area contributed by atoms with E-state index in [2.05, 4.69) is 26.1 Å². The molecule has 2 aliphatic heterocycles. The van der Waals surface area contributed by atoms with E-state index in [4.69, 9.17) is 4.74 Å². The van der Waals surface area contributed by atoms with Crippen LogP contribution in [0.5, 0.6) is 0 Å². The van der Waals surface area contributed by atoms with Crippen molar-refractivity contribution in [3.8, 4) is 0 Å². The lowest BCUT2D eigenvalue weighted by Gasteiger charge is -2.49. The summed E-state index contributed by atoms with van der Waals surface area (Å²) in [4.78, 5) is 65.3. The lowest BCUT2D eigenvalue weighted by molar-refractivity contribution is -0.150. The Morgan fingerprint density at radius 1 is 1.20 bits per heavy atom. The average molecular weight is 709 g/mol. The lowest BCUT2D eigenvalue weighted by Crippen LogP contribution is -2.70. The number of aromatic nitrogens is 2. The van der Waals surface area contributed by atoms with Crippen LogP contribution >= 0.6 is 46.6 Å². The minimum absolute atomic E-state index is 0.0583. The summed E-state index contributed by atoms with van der Waals surface area (Å²) in [5.41, 5.74) is 0.709. The van der Waals surface area contributed by atoms with Crippen molar-refractivity contribution in [3.05, 3.63) is 46.1 Å². The van der Waals surface area contributed by atoms with E-state index in [0.717, 1.165) is 5.01 Å². The number of β-lactam (4-membered cyclic amide) rings is 1. The maximum Gasteiger partial charge on any atom is 0.408 e. The third-order valence-corrected chi connectivity index (χ3v) is 10.7. The van der Waals surface area contributed by atoms with E-state index in [1.165, 1.54) is 51.5 Å². The van der Waals surface area contributed by atoms with E-state index in [9.17, 15) is 29.1 Å². The third kappa shape index (κ3) is 9.17. The van der Waals surface area contributed by atoms with Gasteiger partial charge in [-0.3, -0.25) is 19.3 Å². The number of amides is 4. The van der Waals surface area contributed by atoms with E-state index in [0.29, 0.717) is 44.8 Å². The summed E-state index contributed by atoms with van der Waals surface area (Å²) < 4.78 is 6.03. The zero-order chi connectivity index (χ0) is 33.6. The molecule has 1 saturated heterocycles. The Morgan fingerprint density at radius 3 is 2.59 bits per heavy atom. The lowest BCUT2D eigenvalue weighted by atomic mass is 10.0. The molecule has 3 heterocycles. The molecule has 0 aliphatic carbocycles. The Balaban J connectivity index is 1.39. The minimum Gasteiger partial charge on any atom is -0.477 e. The van der Waals surface area contributed by atoms with Crippen LogP contribution in [0.2, 0.25) is 0 Å². The number of nitrogens with one attached hydrogen (secondary N) is 3. The monoisotopic (exact) mass is 708 g/mol. The van der Waals surface area contributed by atoms with Gasteiger partial charge in [-0.1, -0.05) is 41.3 Å². The van der Waals surface area contributed by atoms with Crippen LogP contribution in [0.4, 0.5) is 10.5 Å². The number of aliphatic carboxylic acids is 1. The molecule has 0 radical (unpaired) electrons. The van der Waals surface area contributed by atoms with E-state index in [1.807, 2.05) is 13.2 Å². The third-order valence-electron chi connectivity index (χ3n) is 6.69. The highest BCUT2D eigenvalue weighted by atomic mass is 32.2. The molecule has 2 aromatic rings. The number of aryl methyl sites for hydroxylation is 1. The fraction of sp³-hybridized carbons (Fsp3) is 0.483. The Bertz CT molecular complexity index is 1530. The molecule has 1 fully saturated rings. The standard InChI is InChI=1S/C29H36N6O7S4/c1-15-33-34-28(46-15)45-14-17-13-44-25-21(24(38)35(25)22(17)26(39)40)32-20(36)12-16-8-6-7-9-18(16)30-23(37)19(10-11-43-5)31-27(41)42-29(2,3)4/h6-9,19,21,25H,10-14H2,1-5H3,(H,30,37)(H,31,41)(H,32,36)(H,39,40)/t19-,21?,25+/m0/s1. The normalized spacial score (nSPS) is 18.3. The molecule has 3 atom stereocenters. The molecule has 1 aromatic carbocycles. The van der Waals surface area contributed by atoms with Crippen molar-refractivity contribution < 1.29 is 33.8 Å². The van der Waals surface area contributed by atoms with Crippen LogP contribution in [-0.4, -0.2) is 96.6 Å². The van der Waals surface area contributed by atoms with Crippen LogP contribution in [0.25, 0.3) is 0 Å². The van der Waals surface area contributed by atoms with Gasteiger partial charge in [0.25, 0.3) is 5.91 Å². The van der Waals surface area contributed by atoms with Crippen LogP contribution in [0.1, 0.15) is 37.8 Å². The Hall–Kier alpha value is -3.28. The number of carboxylic acid groups (broad SMARTS) is 1. The summed E-state index contributed by atoms with van der Waals surface area (Å²) in [7, 11) is 0. The first-order chi connectivity index (χ1) is 21.8. The van der Waals surface area contributed by atoms with Gasteiger partial charge in [0, 0.05) is 17.2 Å². The van der Waals surface area contributed by atoms with Crippen molar-refractivity contribution >= 4 is 82.1 Å². The molecular weight excluding hydrogens is 673 g/mol. The smallest absolute Gasteiger partial charge is 0.408 e. The van der Waals surface area contributed by atoms with Gasteiger partial charge in [0.15, 0.2) is 4.34 Å². The van der Waals surface area contributed by atoms with Gasteiger partial charge in [-0.05, 0) is 63.3 Å². The van der Waals surface area contributed by atoms with Crippen molar-refractivity contribution in [3.63, 3.8) is 0 Å². The molecule has 1 unspecified atom stereocenters. The van der Waals surface area contributed by atoms with Gasteiger partial charge in [-0.25, -0.2) is 9.59 Å². The number of para-hydroxylation sites is 1. The number of anilines is 1. The molecule has 4 rings (SSSR count). The molecular formula is C29H36N6O7S4. The number of carbonyl (C=O) groups excluding carboxylic acids is 4. The maximum atomic E-state index is 13.2. The number of alkyl carbamates (subject to hydrolysis) is 1. The highest BCUT2D eigenvalue weighted by molar-refractivity contribution is 8.01. The Kier molecular flexibility index (Phi) is 12.0. The SMILES string of the molecule is CSCC[C@H](NC(=O)OC(C)(C)C)C(=O)Nc1ccccc1CC(=O)NC1C(=O)N2C(C(=O)O)=C(CSc3nnc(C)s3)CS[C@H]12. The van der Waals surface area contributed by atoms with E-state index in [1.54, 1.807) is 45.0 Å². The summed E-state index contributed by atoms with van der Waals surface area (Å²) in [5.74, 6) is -1.26. The number of ether oxygens (including phenoxy) is 1. The van der Waals surface area contributed by atoms with Crippen molar-refractivity contribution in [2.24, 2.45) is 0 Å².